The van der Waals surface area contributed by atoms with Gasteiger partial charge in [0, 0.05) is 36.9 Å². The third-order valence-corrected chi connectivity index (χ3v) is 3.23. The van der Waals surface area contributed by atoms with Crippen LogP contribution < -0.4 is 10.1 Å². The topological polar surface area (TPSA) is 84.6 Å². The summed E-state index contributed by atoms with van der Waals surface area (Å²) in [7, 11) is 1.53. The fourth-order valence-corrected chi connectivity index (χ4v) is 1.65. The second kappa shape index (κ2) is 7.06. The Kier molecular flexibility index (Phi) is 5.72. The molecule has 2 N–H and O–H groups in total. The molecule has 0 amide bonds. The molecule has 0 aliphatic heterocycles. The predicted octanol–water partition coefficient (Wildman–Crippen LogP) is 1.71. The van der Waals surface area contributed by atoms with Crippen LogP contribution in [0.1, 0.15) is 19.4 Å². The predicted molar refractivity (Wildman–Crippen MR) is 72.2 cm³/mol. The molecule has 19 heavy (non-hydrogen) atoms. The third kappa shape index (κ3) is 4.18. The van der Waals surface area contributed by atoms with Gasteiger partial charge in [0.05, 0.1) is 12.0 Å². The van der Waals surface area contributed by atoms with Gasteiger partial charge in [0.1, 0.15) is 5.75 Å². The van der Waals surface area contributed by atoms with Crippen LogP contribution in [0.25, 0.3) is 0 Å². The fraction of sp³-hybridized carbons (Fsp3) is 0.538. The van der Waals surface area contributed by atoms with E-state index in [2.05, 4.69) is 5.32 Å². The van der Waals surface area contributed by atoms with Crippen LogP contribution in [0.15, 0.2) is 18.2 Å². The number of ether oxygens (including phenoxy) is 1. The molecule has 0 radical (unpaired) electrons. The number of aliphatic hydroxyl groups excluding tert-OH is 1. The van der Waals surface area contributed by atoms with Crippen LogP contribution in [0.4, 0.5) is 5.69 Å². The molecule has 1 rings (SSSR count). The summed E-state index contributed by atoms with van der Waals surface area (Å²) in [6.07, 6.45) is 0. The Morgan fingerprint density at radius 2 is 2.16 bits per heavy atom. The monoisotopic (exact) mass is 268 g/mol. The van der Waals surface area contributed by atoms with Crippen molar-refractivity contribution in [2.75, 3.05) is 13.7 Å². The maximum atomic E-state index is 10.8. The van der Waals surface area contributed by atoms with Crippen molar-refractivity contribution in [3.63, 3.8) is 0 Å². The summed E-state index contributed by atoms with van der Waals surface area (Å²) >= 11 is 0. The zero-order chi connectivity index (χ0) is 14.4. The van der Waals surface area contributed by atoms with E-state index in [0.717, 1.165) is 5.56 Å². The Bertz CT molecular complexity index is 437. The highest BCUT2D eigenvalue weighted by atomic mass is 16.6. The minimum atomic E-state index is -0.428. The third-order valence-electron chi connectivity index (χ3n) is 3.23. The van der Waals surface area contributed by atoms with Crippen molar-refractivity contribution in [2.45, 2.75) is 26.4 Å². The van der Waals surface area contributed by atoms with Gasteiger partial charge in [0.25, 0.3) is 5.69 Å². The van der Waals surface area contributed by atoms with E-state index in [9.17, 15) is 10.1 Å². The van der Waals surface area contributed by atoms with Crippen molar-refractivity contribution in [2.24, 2.45) is 5.92 Å². The van der Waals surface area contributed by atoms with Crippen molar-refractivity contribution in [1.29, 1.82) is 0 Å². The number of hydrogen-bond acceptors (Lipinski definition) is 5. The van der Waals surface area contributed by atoms with Gasteiger partial charge in [-0.25, -0.2) is 0 Å². The second-order valence-corrected chi connectivity index (χ2v) is 4.58. The van der Waals surface area contributed by atoms with E-state index in [1.807, 2.05) is 13.8 Å². The molecular weight excluding hydrogens is 248 g/mol. The molecule has 1 aromatic carbocycles. The number of rotatable bonds is 7. The maximum Gasteiger partial charge on any atom is 0.270 e. The smallest absolute Gasteiger partial charge is 0.270 e. The lowest BCUT2D eigenvalue weighted by Gasteiger charge is -2.20. The Morgan fingerprint density at radius 1 is 1.47 bits per heavy atom. The van der Waals surface area contributed by atoms with Crippen LogP contribution in [0.2, 0.25) is 0 Å². The van der Waals surface area contributed by atoms with Crippen LogP contribution in [-0.4, -0.2) is 29.8 Å². The van der Waals surface area contributed by atoms with Gasteiger partial charge in [-0.05, 0) is 18.9 Å². The standard InChI is InChI=1S/C13H20N2O4/c1-9(8-16)10(2)14-7-11-6-12(15(17)18)4-5-13(11)19-3/h4-6,9-10,14,16H,7-8H2,1-3H3. The van der Waals surface area contributed by atoms with E-state index in [1.165, 1.54) is 19.2 Å². The molecule has 0 saturated carbocycles. The zero-order valence-electron chi connectivity index (χ0n) is 11.4. The van der Waals surface area contributed by atoms with Crippen molar-refractivity contribution in [3.8, 4) is 5.75 Å². The molecule has 2 unspecified atom stereocenters. The van der Waals surface area contributed by atoms with Gasteiger partial charge < -0.3 is 15.2 Å². The largest absolute Gasteiger partial charge is 0.496 e. The Labute approximate surface area is 112 Å². The first-order chi connectivity index (χ1) is 8.99. The van der Waals surface area contributed by atoms with Crippen LogP contribution in [0.3, 0.4) is 0 Å². The number of nitro benzene ring substituents is 1. The zero-order valence-corrected chi connectivity index (χ0v) is 11.4. The lowest BCUT2D eigenvalue weighted by Crippen LogP contribution is -2.33. The number of nitrogens with one attached hydrogen (secondary N) is 1. The average Bonchev–Trinajstić information content (AvgIpc) is 2.43. The van der Waals surface area contributed by atoms with Crippen molar-refractivity contribution >= 4 is 5.69 Å². The summed E-state index contributed by atoms with van der Waals surface area (Å²) < 4.78 is 5.19. The number of hydrogen-bond donors (Lipinski definition) is 2. The lowest BCUT2D eigenvalue weighted by atomic mass is 10.0. The molecule has 2 atom stereocenters. The van der Waals surface area contributed by atoms with E-state index in [-0.39, 0.29) is 24.3 Å². The van der Waals surface area contributed by atoms with Gasteiger partial charge in [-0.15, -0.1) is 0 Å². The van der Waals surface area contributed by atoms with Crippen LogP contribution in [-0.2, 0) is 6.54 Å². The molecule has 0 aliphatic rings. The number of nitrogens with zero attached hydrogens (tertiary/aromatic N) is 1. The van der Waals surface area contributed by atoms with Crippen molar-refractivity contribution in [3.05, 3.63) is 33.9 Å². The summed E-state index contributed by atoms with van der Waals surface area (Å²) in [6.45, 7) is 4.45. The number of benzene rings is 1. The molecule has 0 bridgehead atoms. The van der Waals surface area contributed by atoms with E-state index < -0.39 is 4.92 Å². The fourth-order valence-electron chi connectivity index (χ4n) is 1.65. The summed E-state index contributed by atoms with van der Waals surface area (Å²) in [4.78, 5) is 10.3. The maximum absolute atomic E-state index is 10.8. The van der Waals surface area contributed by atoms with Crippen LogP contribution in [0, 0.1) is 16.0 Å². The normalized spacial score (nSPS) is 13.9. The Balaban J connectivity index is 2.80. The summed E-state index contributed by atoms with van der Waals surface area (Å²) in [6, 6.07) is 4.62. The SMILES string of the molecule is COc1ccc([N+](=O)[O-])cc1CNC(C)C(C)CO. The molecular formula is C13H20N2O4. The highest BCUT2D eigenvalue weighted by molar-refractivity contribution is 5.43. The number of non-ortho nitro benzene ring substituents is 1. The van der Waals surface area contributed by atoms with E-state index in [4.69, 9.17) is 9.84 Å². The molecule has 106 valence electrons. The molecule has 0 aliphatic carbocycles. The average molecular weight is 268 g/mol. The summed E-state index contributed by atoms with van der Waals surface area (Å²) in [5.41, 5.74) is 0.772. The minimum absolute atomic E-state index is 0.0421. The lowest BCUT2D eigenvalue weighted by molar-refractivity contribution is -0.384. The summed E-state index contributed by atoms with van der Waals surface area (Å²) in [5, 5.41) is 23.1. The van der Waals surface area contributed by atoms with Gasteiger partial charge in [0.2, 0.25) is 0 Å². The Hall–Kier alpha value is -1.66. The van der Waals surface area contributed by atoms with Gasteiger partial charge in [-0.2, -0.15) is 0 Å². The molecule has 6 nitrogen and oxygen atoms in total. The molecule has 0 aromatic heterocycles. The first-order valence-corrected chi connectivity index (χ1v) is 6.15. The number of methoxy groups -OCH3 is 1. The highest BCUT2D eigenvalue weighted by Crippen LogP contribution is 2.24. The molecule has 0 heterocycles. The molecule has 0 fully saturated rings. The quantitative estimate of drug-likeness (QED) is 0.581. The van der Waals surface area contributed by atoms with Crippen LogP contribution in [0.5, 0.6) is 5.75 Å². The first kappa shape index (κ1) is 15.4. The van der Waals surface area contributed by atoms with E-state index >= 15 is 0 Å². The van der Waals surface area contributed by atoms with Gasteiger partial charge in [0.15, 0.2) is 0 Å². The first-order valence-electron chi connectivity index (χ1n) is 6.15. The molecule has 6 heteroatoms. The second-order valence-electron chi connectivity index (χ2n) is 4.58. The number of nitro groups is 1. The highest BCUT2D eigenvalue weighted by Gasteiger charge is 2.14. The molecule has 1 aromatic rings. The van der Waals surface area contributed by atoms with E-state index in [0.29, 0.717) is 12.3 Å². The van der Waals surface area contributed by atoms with Crippen LogP contribution >= 0.6 is 0 Å². The van der Waals surface area contributed by atoms with Crippen molar-refractivity contribution in [1.82, 2.24) is 5.32 Å². The van der Waals surface area contributed by atoms with Gasteiger partial charge >= 0.3 is 0 Å². The molecule has 0 saturated heterocycles. The van der Waals surface area contributed by atoms with E-state index in [1.54, 1.807) is 6.07 Å². The molecule has 0 spiro atoms. The van der Waals surface area contributed by atoms with Gasteiger partial charge in [-0.1, -0.05) is 6.92 Å². The Morgan fingerprint density at radius 3 is 2.68 bits per heavy atom. The summed E-state index contributed by atoms with van der Waals surface area (Å²) in [5.74, 6) is 0.728. The number of aliphatic hydroxyl groups is 1. The van der Waals surface area contributed by atoms with Crippen molar-refractivity contribution < 1.29 is 14.8 Å². The minimum Gasteiger partial charge on any atom is -0.496 e. The van der Waals surface area contributed by atoms with Gasteiger partial charge in [-0.3, -0.25) is 10.1 Å².